The van der Waals surface area contributed by atoms with Crippen LogP contribution in [0.3, 0.4) is 0 Å². The van der Waals surface area contributed by atoms with Crippen molar-refractivity contribution in [1.82, 2.24) is 9.80 Å². The van der Waals surface area contributed by atoms with Gasteiger partial charge < -0.3 is 9.80 Å². The van der Waals surface area contributed by atoms with Crippen LogP contribution >= 0.6 is 11.3 Å². The van der Waals surface area contributed by atoms with E-state index in [-0.39, 0.29) is 11.7 Å². The fourth-order valence-electron chi connectivity index (χ4n) is 3.31. The molecular weight excluding hydrogens is 323 g/mol. The minimum Gasteiger partial charge on any atom is -0.338 e. The first-order valence-electron chi connectivity index (χ1n) is 8.32. The summed E-state index contributed by atoms with van der Waals surface area (Å²) in [5, 5.41) is 1.94. The smallest absolute Gasteiger partial charge is 0.264 e. The van der Waals surface area contributed by atoms with Crippen molar-refractivity contribution < 1.29 is 9.18 Å². The molecule has 1 aromatic heterocycles. The number of likely N-dealkylation sites (tertiary alicyclic amines) is 1. The molecule has 0 aliphatic carbocycles. The van der Waals surface area contributed by atoms with Gasteiger partial charge >= 0.3 is 0 Å². The molecule has 1 fully saturated rings. The largest absolute Gasteiger partial charge is 0.338 e. The Hall–Kier alpha value is -1.72. The van der Waals surface area contributed by atoms with E-state index in [2.05, 4.69) is 19.0 Å². The summed E-state index contributed by atoms with van der Waals surface area (Å²) < 4.78 is 13.1. The van der Waals surface area contributed by atoms with Crippen molar-refractivity contribution in [1.29, 1.82) is 0 Å². The molecule has 0 saturated carbocycles. The molecule has 0 N–H and O–H groups in total. The molecule has 2 heterocycles. The number of benzene rings is 1. The van der Waals surface area contributed by atoms with Gasteiger partial charge in [-0.3, -0.25) is 4.79 Å². The first-order valence-corrected chi connectivity index (χ1v) is 9.20. The summed E-state index contributed by atoms with van der Waals surface area (Å²) in [6.07, 6.45) is 2.11. The van der Waals surface area contributed by atoms with Gasteiger partial charge in [-0.2, -0.15) is 0 Å². The highest BCUT2D eigenvalue weighted by Crippen LogP contribution is 2.30. The van der Waals surface area contributed by atoms with E-state index in [1.54, 1.807) is 12.1 Å². The average Bonchev–Trinajstić information content (AvgIpc) is 3.04. The summed E-state index contributed by atoms with van der Waals surface area (Å²) in [6.45, 7) is 2.72. The van der Waals surface area contributed by atoms with E-state index in [1.807, 2.05) is 16.3 Å². The second-order valence-electron chi connectivity index (χ2n) is 6.67. The third kappa shape index (κ3) is 3.84. The lowest BCUT2D eigenvalue weighted by molar-refractivity contribution is 0.0683. The van der Waals surface area contributed by atoms with E-state index in [9.17, 15) is 9.18 Å². The maximum atomic E-state index is 13.1. The number of thiophene rings is 1. The molecule has 24 heavy (non-hydrogen) atoms. The minimum absolute atomic E-state index is 0.104. The average molecular weight is 346 g/mol. The topological polar surface area (TPSA) is 23.6 Å². The van der Waals surface area contributed by atoms with Gasteiger partial charge in [-0.1, -0.05) is 12.1 Å². The maximum Gasteiger partial charge on any atom is 0.264 e. The molecule has 3 rings (SSSR count). The van der Waals surface area contributed by atoms with Crippen LogP contribution in [-0.2, 0) is 0 Å². The maximum absolute atomic E-state index is 13.1. The van der Waals surface area contributed by atoms with Crippen molar-refractivity contribution >= 4 is 17.2 Å². The predicted molar refractivity (Wildman–Crippen MR) is 96.9 cm³/mol. The summed E-state index contributed by atoms with van der Waals surface area (Å²) in [6, 6.07) is 8.29. The lowest BCUT2D eigenvalue weighted by atomic mass is 9.96. The number of hydrogen-bond acceptors (Lipinski definition) is 3. The van der Waals surface area contributed by atoms with Crippen molar-refractivity contribution in [3.05, 3.63) is 46.4 Å². The third-order valence-corrected chi connectivity index (χ3v) is 5.44. The molecule has 2 aromatic rings. The zero-order valence-corrected chi connectivity index (χ0v) is 15.0. The number of carbonyl (C=O) groups excluding carboxylic acids is 1. The highest BCUT2D eigenvalue weighted by atomic mass is 32.1. The van der Waals surface area contributed by atoms with Crippen molar-refractivity contribution in [3.63, 3.8) is 0 Å². The molecule has 0 atom stereocenters. The van der Waals surface area contributed by atoms with Gasteiger partial charge in [0.15, 0.2) is 0 Å². The second-order valence-corrected chi connectivity index (χ2v) is 7.58. The van der Waals surface area contributed by atoms with E-state index in [4.69, 9.17) is 0 Å². The fourth-order valence-corrected chi connectivity index (χ4v) is 4.19. The Morgan fingerprint density at radius 3 is 2.50 bits per heavy atom. The van der Waals surface area contributed by atoms with Crippen LogP contribution in [0.1, 0.15) is 22.5 Å². The SMILES string of the molecule is CN(C)CC1CCN(C(=O)c2sccc2-c2ccc(F)cc2)CC1. The van der Waals surface area contributed by atoms with Gasteiger partial charge in [0.2, 0.25) is 0 Å². The summed E-state index contributed by atoms with van der Waals surface area (Å²) in [4.78, 5) is 17.8. The van der Waals surface area contributed by atoms with Crippen LogP contribution in [-0.4, -0.2) is 49.4 Å². The fraction of sp³-hybridized carbons (Fsp3) is 0.421. The predicted octanol–water partition coefficient (Wildman–Crippen LogP) is 3.97. The summed E-state index contributed by atoms with van der Waals surface area (Å²) in [5.41, 5.74) is 1.80. The molecule has 5 heteroatoms. The molecule has 0 spiro atoms. The van der Waals surface area contributed by atoms with Gasteiger partial charge in [0, 0.05) is 25.2 Å². The normalized spacial score (nSPS) is 15.9. The number of hydrogen-bond donors (Lipinski definition) is 0. The molecule has 1 aromatic carbocycles. The van der Waals surface area contributed by atoms with Gasteiger partial charge in [-0.25, -0.2) is 4.39 Å². The van der Waals surface area contributed by atoms with Crippen LogP contribution in [0, 0.1) is 11.7 Å². The van der Waals surface area contributed by atoms with Crippen LogP contribution in [0.5, 0.6) is 0 Å². The lowest BCUT2D eigenvalue weighted by Gasteiger charge is -2.33. The Morgan fingerprint density at radius 2 is 1.88 bits per heavy atom. The summed E-state index contributed by atoms with van der Waals surface area (Å²) >= 11 is 1.47. The molecule has 1 saturated heterocycles. The monoisotopic (exact) mass is 346 g/mol. The number of nitrogens with zero attached hydrogens (tertiary/aromatic N) is 2. The van der Waals surface area contributed by atoms with Crippen molar-refractivity contribution in [2.45, 2.75) is 12.8 Å². The Balaban J connectivity index is 1.71. The molecule has 1 aliphatic heterocycles. The van der Waals surface area contributed by atoms with Crippen LogP contribution in [0.25, 0.3) is 11.1 Å². The highest BCUT2D eigenvalue weighted by molar-refractivity contribution is 7.12. The Bertz CT molecular complexity index is 688. The Morgan fingerprint density at radius 1 is 1.21 bits per heavy atom. The first-order chi connectivity index (χ1) is 11.5. The second kappa shape index (κ2) is 7.45. The molecule has 1 amide bonds. The van der Waals surface area contributed by atoms with Crippen LogP contribution in [0.15, 0.2) is 35.7 Å². The van der Waals surface area contributed by atoms with Gasteiger partial charge in [0.25, 0.3) is 5.91 Å². The number of piperidine rings is 1. The van der Waals surface area contributed by atoms with Gasteiger partial charge in [0.1, 0.15) is 5.82 Å². The van der Waals surface area contributed by atoms with Crippen molar-refractivity contribution in [2.75, 3.05) is 33.7 Å². The molecule has 128 valence electrons. The van der Waals surface area contributed by atoms with Crippen molar-refractivity contribution in [3.8, 4) is 11.1 Å². The number of amides is 1. The molecule has 0 bridgehead atoms. The quantitative estimate of drug-likeness (QED) is 0.836. The first kappa shape index (κ1) is 17.1. The van der Waals surface area contributed by atoms with Crippen LogP contribution < -0.4 is 0 Å². The van der Waals surface area contributed by atoms with E-state index in [0.717, 1.165) is 48.5 Å². The van der Waals surface area contributed by atoms with Crippen molar-refractivity contribution in [2.24, 2.45) is 5.92 Å². The summed E-state index contributed by atoms with van der Waals surface area (Å²) in [7, 11) is 4.19. The number of halogens is 1. The number of rotatable bonds is 4. The van der Waals surface area contributed by atoms with Gasteiger partial charge in [0.05, 0.1) is 4.88 Å². The number of carbonyl (C=O) groups is 1. The molecule has 3 nitrogen and oxygen atoms in total. The molecule has 0 unspecified atom stereocenters. The molecular formula is C19H23FN2OS. The zero-order valence-electron chi connectivity index (χ0n) is 14.2. The Kier molecular flexibility index (Phi) is 5.31. The third-order valence-electron chi connectivity index (χ3n) is 4.54. The molecule has 1 aliphatic rings. The van der Waals surface area contributed by atoms with Gasteiger partial charge in [-0.05, 0) is 62.0 Å². The Labute approximate surface area is 146 Å². The molecule has 0 radical (unpaired) electrons. The van der Waals surface area contributed by atoms with E-state index in [1.165, 1.54) is 23.5 Å². The zero-order chi connectivity index (χ0) is 17.1. The lowest BCUT2D eigenvalue weighted by Crippen LogP contribution is -2.40. The highest BCUT2D eigenvalue weighted by Gasteiger charge is 2.26. The van der Waals surface area contributed by atoms with Gasteiger partial charge in [-0.15, -0.1) is 11.3 Å². The van der Waals surface area contributed by atoms with Crippen LogP contribution in [0.2, 0.25) is 0 Å². The van der Waals surface area contributed by atoms with E-state index >= 15 is 0 Å². The van der Waals surface area contributed by atoms with E-state index in [0.29, 0.717) is 5.92 Å². The van der Waals surface area contributed by atoms with Crippen LogP contribution in [0.4, 0.5) is 4.39 Å². The standard InChI is InChI=1S/C19H23FN2OS/c1-21(2)13-14-7-10-22(11-8-14)19(23)18-17(9-12-24-18)15-3-5-16(20)6-4-15/h3-6,9,12,14H,7-8,10-11,13H2,1-2H3. The minimum atomic E-state index is -0.259. The summed E-state index contributed by atoms with van der Waals surface area (Å²) in [5.74, 6) is 0.515. The van der Waals surface area contributed by atoms with E-state index < -0.39 is 0 Å².